The molecule has 0 aliphatic carbocycles. The van der Waals surface area contributed by atoms with Crippen LogP contribution in [0.4, 0.5) is 4.39 Å². The Morgan fingerprint density at radius 2 is 1.87 bits per heavy atom. The van der Waals surface area contributed by atoms with Crippen molar-refractivity contribution in [3.8, 4) is 5.75 Å². The Kier molecular flexibility index (Phi) is 8.17. The van der Waals surface area contributed by atoms with Crippen LogP contribution in [0.2, 0.25) is 0 Å². The van der Waals surface area contributed by atoms with Crippen molar-refractivity contribution < 1.29 is 27.8 Å². The van der Waals surface area contributed by atoms with E-state index in [0.717, 1.165) is 25.2 Å². The van der Waals surface area contributed by atoms with Gasteiger partial charge in [0, 0.05) is 6.54 Å². The van der Waals surface area contributed by atoms with Crippen molar-refractivity contribution in [1.29, 1.82) is 0 Å². The number of carboxylic acids is 1. The summed E-state index contributed by atoms with van der Waals surface area (Å²) in [6.07, 6.45) is 3.31. The van der Waals surface area contributed by atoms with Crippen LogP contribution >= 0.6 is 15.9 Å². The normalized spacial score (nSPS) is 12.0. The molecular formula is C21H23BrFNO5S. The van der Waals surface area contributed by atoms with Crippen LogP contribution in [0.1, 0.15) is 35.3 Å². The van der Waals surface area contributed by atoms with Gasteiger partial charge in [0.2, 0.25) is 0 Å². The third kappa shape index (κ3) is 5.68. The second kappa shape index (κ2) is 10.2. The van der Waals surface area contributed by atoms with Crippen molar-refractivity contribution in [2.75, 3.05) is 19.6 Å². The van der Waals surface area contributed by atoms with Gasteiger partial charge in [-0.2, -0.15) is 0 Å². The SMILES string of the molecule is CCN(CC)C/C=C\c1cc(F)ccc1S(=O)(=O)Cc1ccc(Br)c(O)c1C(=O)O. The molecule has 9 heteroatoms. The third-order valence-corrected chi connectivity index (χ3v) is 7.01. The van der Waals surface area contributed by atoms with Crippen LogP contribution in [-0.4, -0.2) is 49.1 Å². The second-order valence-electron chi connectivity index (χ2n) is 6.56. The zero-order valence-corrected chi connectivity index (χ0v) is 19.0. The predicted octanol–water partition coefficient (Wildman–Crippen LogP) is 4.32. The number of likely N-dealkylation sites (N-methyl/N-ethyl adjacent to an activating group) is 1. The molecule has 0 amide bonds. The first-order valence-corrected chi connectivity index (χ1v) is 11.7. The first kappa shape index (κ1) is 24.0. The number of rotatable bonds is 9. The maximum Gasteiger partial charge on any atom is 0.339 e. The van der Waals surface area contributed by atoms with E-state index < -0.39 is 38.7 Å². The molecule has 0 saturated carbocycles. The molecule has 30 heavy (non-hydrogen) atoms. The highest BCUT2D eigenvalue weighted by atomic mass is 79.9. The Hall–Kier alpha value is -2.23. The van der Waals surface area contributed by atoms with E-state index in [2.05, 4.69) is 20.8 Å². The number of nitrogens with zero attached hydrogens (tertiary/aromatic N) is 1. The molecule has 0 unspecified atom stereocenters. The molecule has 0 spiro atoms. The standard InChI is InChI=1S/C21H23BrFNO5S/c1-3-24(4-2)11-5-6-14-12-16(23)8-10-18(14)30(28,29)13-15-7-9-17(22)20(25)19(15)21(26)27/h5-10,12,25H,3-4,11,13H2,1-2H3,(H,26,27)/b6-5-. The fourth-order valence-corrected chi connectivity index (χ4v) is 4.89. The van der Waals surface area contributed by atoms with Crippen LogP contribution in [0.5, 0.6) is 5.75 Å². The number of sulfone groups is 1. The monoisotopic (exact) mass is 499 g/mol. The lowest BCUT2D eigenvalue weighted by molar-refractivity contribution is 0.0692. The van der Waals surface area contributed by atoms with Gasteiger partial charge in [0.15, 0.2) is 9.84 Å². The molecule has 0 bridgehead atoms. The number of phenols is 1. The molecule has 2 rings (SSSR count). The van der Waals surface area contributed by atoms with Crippen LogP contribution in [0.3, 0.4) is 0 Å². The summed E-state index contributed by atoms with van der Waals surface area (Å²) in [5.74, 6) is -3.23. The van der Waals surface area contributed by atoms with Gasteiger partial charge in [0.05, 0.1) is 15.1 Å². The Balaban J connectivity index is 2.46. The smallest absolute Gasteiger partial charge is 0.339 e. The molecule has 0 saturated heterocycles. The van der Waals surface area contributed by atoms with Gasteiger partial charge < -0.3 is 15.1 Å². The fourth-order valence-electron chi connectivity index (χ4n) is 2.99. The van der Waals surface area contributed by atoms with E-state index in [9.17, 15) is 27.8 Å². The van der Waals surface area contributed by atoms with Crippen LogP contribution < -0.4 is 0 Å². The average Bonchev–Trinajstić information content (AvgIpc) is 2.67. The van der Waals surface area contributed by atoms with E-state index in [4.69, 9.17) is 0 Å². The Bertz CT molecular complexity index is 1070. The Labute approximate surface area is 183 Å². The van der Waals surface area contributed by atoms with Gasteiger partial charge in [0.25, 0.3) is 0 Å². The largest absolute Gasteiger partial charge is 0.506 e. The molecule has 0 aliphatic rings. The molecule has 0 fully saturated rings. The molecule has 0 heterocycles. The quantitative estimate of drug-likeness (QED) is 0.498. The highest BCUT2D eigenvalue weighted by Gasteiger charge is 2.25. The summed E-state index contributed by atoms with van der Waals surface area (Å²) in [5, 5.41) is 19.4. The lowest BCUT2D eigenvalue weighted by atomic mass is 10.1. The maximum atomic E-state index is 13.8. The molecule has 2 aromatic rings. The summed E-state index contributed by atoms with van der Waals surface area (Å²) in [6.45, 7) is 6.22. The van der Waals surface area contributed by atoms with Crippen LogP contribution in [0.25, 0.3) is 6.08 Å². The lowest BCUT2D eigenvalue weighted by Gasteiger charge is -2.15. The summed E-state index contributed by atoms with van der Waals surface area (Å²) >= 11 is 3.03. The summed E-state index contributed by atoms with van der Waals surface area (Å²) in [4.78, 5) is 13.5. The summed E-state index contributed by atoms with van der Waals surface area (Å²) in [7, 11) is -4.03. The molecule has 6 nitrogen and oxygen atoms in total. The van der Waals surface area contributed by atoms with Gasteiger partial charge in [-0.15, -0.1) is 0 Å². The minimum Gasteiger partial charge on any atom is -0.506 e. The summed E-state index contributed by atoms with van der Waals surface area (Å²) < 4.78 is 40.1. The number of hydrogen-bond donors (Lipinski definition) is 2. The average molecular weight is 500 g/mol. The van der Waals surface area contributed by atoms with Crippen molar-refractivity contribution >= 4 is 37.8 Å². The second-order valence-corrected chi connectivity index (χ2v) is 9.38. The van der Waals surface area contributed by atoms with E-state index in [1.807, 2.05) is 13.8 Å². The zero-order chi connectivity index (χ0) is 22.5. The van der Waals surface area contributed by atoms with Crippen molar-refractivity contribution in [3.05, 3.63) is 63.4 Å². The summed E-state index contributed by atoms with van der Waals surface area (Å²) in [5.41, 5.74) is -0.375. The minimum atomic E-state index is -4.03. The number of hydrogen-bond acceptors (Lipinski definition) is 5. The van der Waals surface area contributed by atoms with E-state index in [0.29, 0.717) is 6.54 Å². The van der Waals surface area contributed by atoms with E-state index in [1.54, 1.807) is 12.2 Å². The number of aromatic carboxylic acids is 1. The number of aromatic hydroxyl groups is 1. The molecule has 0 radical (unpaired) electrons. The van der Waals surface area contributed by atoms with Crippen LogP contribution in [0, 0.1) is 5.82 Å². The van der Waals surface area contributed by atoms with Crippen molar-refractivity contribution in [1.82, 2.24) is 4.90 Å². The fraction of sp³-hybridized carbons (Fsp3) is 0.286. The highest BCUT2D eigenvalue weighted by molar-refractivity contribution is 9.10. The number of carbonyl (C=O) groups is 1. The van der Waals surface area contributed by atoms with Crippen LogP contribution in [-0.2, 0) is 15.6 Å². The van der Waals surface area contributed by atoms with E-state index in [-0.39, 0.29) is 20.5 Å². The van der Waals surface area contributed by atoms with Crippen LogP contribution in [0.15, 0.2) is 45.8 Å². The van der Waals surface area contributed by atoms with Gasteiger partial charge in [-0.25, -0.2) is 17.6 Å². The number of benzene rings is 2. The summed E-state index contributed by atoms with van der Waals surface area (Å²) in [6, 6.07) is 6.04. The number of halogens is 2. The Morgan fingerprint density at radius 1 is 1.20 bits per heavy atom. The molecule has 162 valence electrons. The molecule has 2 aromatic carbocycles. The van der Waals surface area contributed by atoms with E-state index in [1.165, 1.54) is 18.2 Å². The van der Waals surface area contributed by atoms with Gasteiger partial charge >= 0.3 is 5.97 Å². The first-order valence-electron chi connectivity index (χ1n) is 9.25. The lowest BCUT2D eigenvalue weighted by Crippen LogP contribution is -2.22. The van der Waals surface area contributed by atoms with Gasteiger partial charge in [-0.1, -0.05) is 32.1 Å². The molecule has 2 N–H and O–H groups in total. The van der Waals surface area contributed by atoms with Gasteiger partial charge in [-0.3, -0.25) is 0 Å². The molecule has 0 atom stereocenters. The highest BCUT2D eigenvalue weighted by Crippen LogP contribution is 2.33. The molecule has 0 aliphatic heterocycles. The van der Waals surface area contributed by atoms with Gasteiger partial charge in [-0.05, 0) is 64.4 Å². The molecule has 0 aromatic heterocycles. The van der Waals surface area contributed by atoms with E-state index >= 15 is 0 Å². The van der Waals surface area contributed by atoms with Gasteiger partial charge in [0.1, 0.15) is 17.1 Å². The minimum absolute atomic E-state index is 0.0643. The zero-order valence-electron chi connectivity index (χ0n) is 16.6. The number of carboxylic acid groups (broad SMARTS) is 1. The molecular weight excluding hydrogens is 477 g/mol. The van der Waals surface area contributed by atoms with Crippen molar-refractivity contribution in [2.24, 2.45) is 0 Å². The third-order valence-electron chi connectivity index (χ3n) is 4.64. The first-order chi connectivity index (χ1) is 14.1. The topological polar surface area (TPSA) is 94.9 Å². The van der Waals surface area contributed by atoms with Crippen molar-refractivity contribution in [3.63, 3.8) is 0 Å². The maximum absolute atomic E-state index is 13.8. The Morgan fingerprint density at radius 3 is 2.47 bits per heavy atom. The van der Waals surface area contributed by atoms with Crippen molar-refractivity contribution in [2.45, 2.75) is 24.5 Å². The predicted molar refractivity (Wildman–Crippen MR) is 117 cm³/mol.